The average molecular weight is 510 g/mol. The summed E-state index contributed by atoms with van der Waals surface area (Å²) in [5.74, 6) is -1.20. The van der Waals surface area contributed by atoms with Gasteiger partial charge in [0.15, 0.2) is 5.78 Å². The lowest BCUT2D eigenvalue weighted by Gasteiger charge is -2.36. The molecule has 0 unspecified atom stereocenters. The highest BCUT2D eigenvalue weighted by molar-refractivity contribution is 6.30. The van der Waals surface area contributed by atoms with Crippen molar-refractivity contribution in [3.63, 3.8) is 0 Å². The molecule has 0 aromatic heterocycles. The lowest BCUT2D eigenvalue weighted by molar-refractivity contribution is -0.140. The molecule has 8 heteroatoms. The van der Waals surface area contributed by atoms with E-state index in [1.54, 1.807) is 24.3 Å². The van der Waals surface area contributed by atoms with Gasteiger partial charge in [0.1, 0.15) is 12.4 Å². The third kappa shape index (κ3) is 5.53. The number of benzene rings is 2. The summed E-state index contributed by atoms with van der Waals surface area (Å²) in [5, 5.41) is 3.97. The molecule has 188 valence electrons. The van der Waals surface area contributed by atoms with E-state index < -0.39 is 17.9 Å². The molecule has 7 nitrogen and oxygen atoms in total. The molecule has 0 amide bonds. The quantitative estimate of drug-likeness (QED) is 0.325. The van der Waals surface area contributed by atoms with Gasteiger partial charge in [0, 0.05) is 48.4 Å². The number of hydrogen-bond acceptors (Lipinski definition) is 7. The highest BCUT2D eigenvalue weighted by Crippen LogP contribution is 2.46. The van der Waals surface area contributed by atoms with E-state index in [-0.39, 0.29) is 24.9 Å². The van der Waals surface area contributed by atoms with Gasteiger partial charge in [0.05, 0.1) is 12.2 Å². The number of ether oxygens (including phenoxy) is 3. The summed E-state index contributed by atoms with van der Waals surface area (Å²) in [5.41, 5.74) is 4.14. The van der Waals surface area contributed by atoms with E-state index in [4.69, 9.17) is 25.8 Å². The van der Waals surface area contributed by atoms with Crippen molar-refractivity contribution >= 4 is 29.3 Å². The standard InChI is InChI=1S/C28H28ClNO6/c1-16-25(28(33)35-13-12-34-3)26(19-6-10-22(11-7-19)36-17(2)31)27-23(30-16)14-20(15-24(27)32)18-4-8-21(29)9-5-18/h4-11,20,26,30H,12-15H2,1-3H3/t20-,26+/m0/s1. The van der Waals surface area contributed by atoms with Gasteiger partial charge in [-0.3, -0.25) is 9.59 Å². The van der Waals surface area contributed by atoms with Gasteiger partial charge in [0.25, 0.3) is 0 Å². The Balaban J connectivity index is 1.73. The van der Waals surface area contributed by atoms with Gasteiger partial charge in [-0.2, -0.15) is 0 Å². The maximum absolute atomic E-state index is 13.6. The Morgan fingerprint density at radius 3 is 2.31 bits per heavy atom. The predicted octanol–water partition coefficient (Wildman–Crippen LogP) is 4.82. The number of halogens is 1. The fourth-order valence-electron chi connectivity index (χ4n) is 4.80. The Morgan fingerprint density at radius 1 is 1.00 bits per heavy atom. The number of methoxy groups -OCH3 is 1. The smallest absolute Gasteiger partial charge is 0.336 e. The van der Waals surface area contributed by atoms with Crippen molar-refractivity contribution < 1.29 is 28.6 Å². The number of carbonyl (C=O) groups is 3. The fourth-order valence-corrected chi connectivity index (χ4v) is 4.93. The maximum Gasteiger partial charge on any atom is 0.336 e. The second kappa shape index (κ2) is 11.1. The number of allylic oxidation sites excluding steroid dienone is 3. The molecule has 2 aliphatic rings. The van der Waals surface area contributed by atoms with E-state index in [1.165, 1.54) is 14.0 Å². The minimum absolute atomic E-state index is 0.00369. The summed E-state index contributed by atoms with van der Waals surface area (Å²) in [4.78, 5) is 38.1. The highest BCUT2D eigenvalue weighted by Gasteiger charge is 2.41. The SMILES string of the molecule is COCCOC(=O)C1=C(C)NC2=C(C(=O)C[C@@H](c3ccc(Cl)cc3)C2)[C@@H]1c1ccc(OC(C)=O)cc1. The summed E-state index contributed by atoms with van der Waals surface area (Å²) in [6.07, 6.45) is 0.934. The minimum atomic E-state index is -0.610. The van der Waals surface area contributed by atoms with Crippen molar-refractivity contribution in [1.82, 2.24) is 5.32 Å². The average Bonchev–Trinajstić information content (AvgIpc) is 2.83. The first-order chi connectivity index (χ1) is 17.3. The molecule has 1 heterocycles. The van der Waals surface area contributed by atoms with Crippen LogP contribution in [0.4, 0.5) is 0 Å². The van der Waals surface area contributed by atoms with Crippen LogP contribution in [0.25, 0.3) is 0 Å². The first kappa shape index (κ1) is 25.7. The summed E-state index contributed by atoms with van der Waals surface area (Å²) in [6.45, 7) is 3.51. The van der Waals surface area contributed by atoms with E-state index in [0.29, 0.717) is 40.5 Å². The molecule has 0 bridgehead atoms. The first-order valence-electron chi connectivity index (χ1n) is 11.7. The van der Waals surface area contributed by atoms with Gasteiger partial charge in [-0.1, -0.05) is 35.9 Å². The molecule has 2 atom stereocenters. The number of hydrogen-bond donors (Lipinski definition) is 1. The molecule has 4 rings (SSSR count). The Bertz CT molecular complexity index is 1230. The molecule has 2 aromatic carbocycles. The summed E-state index contributed by atoms with van der Waals surface area (Å²) >= 11 is 6.05. The van der Waals surface area contributed by atoms with Gasteiger partial charge < -0.3 is 19.5 Å². The zero-order valence-corrected chi connectivity index (χ0v) is 21.2. The van der Waals surface area contributed by atoms with Crippen LogP contribution >= 0.6 is 11.6 Å². The lowest BCUT2D eigenvalue weighted by atomic mass is 9.72. The molecule has 2 aromatic rings. The van der Waals surface area contributed by atoms with Crippen LogP contribution < -0.4 is 10.1 Å². The molecule has 0 saturated heterocycles. The normalized spacial score (nSPS) is 19.5. The van der Waals surface area contributed by atoms with E-state index in [9.17, 15) is 14.4 Å². The van der Waals surface area contributed by atoms with Gasteiger partial charge >= 0.3 is 11.9 Å². The minimum Gasteiger partial charge on any atom is -0.460 e. The van der Waals surface area contributed by atoms with Crippen molar-refractivity contribution in [2.45, 2.75) is 38.5 Å². The van der Waals surface area contributed by atoms with Crippen LogP contribution in [0.5, 0.6) is 5.75 Å². The van der Waals surface area contributed by atoms with Crippen molar-refractivity contribution in [1.29, 1.82) is 0 Å². The van der Waals surface area contributed by atoms with Crippen LogP contribution in [0.1, 0.15) is 49.7 Å². The molecule has 0 saturated carbocycles. The Labute approximate surface area is 215 Å². The van der Waals surface area contributed by atoms with Gasteiger partial charge in [-0.15, -0.1) is 0 Å². The van der Waals surface area contributed by atoms with E-state index in [2.05, 4.69) is 5.32 Å². The van der Waals surface area contributed by atoms with Crippen LogP contribution in [0.3, 0.4) is 0 Å². The number of carbonyl (C=O) groups excluding carboxylic acids is 3. The molecular formula is C28H28ClNO6. The zero-order chi connectivity index (χ0) is 25.8. The Kier molecular flexibility index (Phi) is 7.91. The Morgan fingerprint density at radius 2 is 1.67 bits per heavy atom. The predicted molar refractivity (Wildman–Crippen MR) is 135 cm³/mol. The van der Waals surface area contributed by atoms with E-state index in [1.807, 2.05) is 31.2 Å². The largest absolute Gasteiger partial charge is 0.460 e. The van der Waals surface area contributed by atoms with Gasteiger partial charge in [0.2, 0.25) is 0 Å². The summed E-state index contributed by atoms with van der Waals surface area (Å²) in [6, 6.07) is 14.4. The van der Waals surface area contributed by atoms with Crippen molar-refractivity contribution in [2.75, 3.05) is 20.3 Å². The van der Waals surface area contributed by atoms with Crippen molar-refractivity contribution in [3.8, 4) is 5.75 Å². The number of Topliss-reactive ketones (excluding diaryl/α,β-unsaturated/α-hetero) is 1. The van der Waals surface area contributed by atoms with Crippen LogP contribution in [0, 0.1) is 0 Å². The molecular weight excluding hydrogens is 482 g/mol. The summed E-state index contributed by atoms with van der Waals surface area (Å²) in [7, 11) is 1.53. The van der Waals surface area contributed by atoms with Crippen LogP contribution in [0.15, 0.2) is 71.1 Å². The second-order valence-corrected chi connectivity index (χ2v) is 9.30. The zero-order valence-electron chi connectivity index (χ0n) is 20.4. The molecule has 0 fully saturated rings. The number of esters is 2. The van der Waals surface area contributed by atoms with Crippen LogP contribution in [-0.2, 0) is 23.9 Å². The highest BCUT2D eigenvalue weighted by atomic mass is 35.5. The molecule has 1 N–H and O–H groups in total. The lowest BCUT2D eigenvalue weighted by Crippen LogP contribution is -2.36. The number of rotatable bonds is 7. The van der Waals surface area contributed by atoms with Crippen LogP contribution in [-0.4, -0.2) is 38.0 Å². The fraction of sp³-hybridized carbons (Fsp3) is 0.321. The van der Waals surface area contributed by atoms with Crippen molar-refractivity contribution in [3.05, 3.63) is 87.2 Å². The third-order valence-corrected chi connectivity index (χ3v) is 6.64. The van der Waals surface area contributed by atoms with Crippen LogP contribution in [0.2, 0.25) is 5.02 Å². The first-order valence-corrected chi connectivity index (χ1v) is 12.1. The molecule has 0 radical (unpaired) electrons. The topological polar surface area (TPSA) is 90.9 Å². The van der Waals surface area contributed by atoms with Crippen molar-refractivity contribution in [2.24, 2.45) is 0 Å². The number of ketones is 1. The monoisotopic (exact) mass is 509 g/mol. The second-order valence-electron chi connectivity index (χ2n) is 8.86. The van der Waals surface area contributed by atoms with Gasteiger partial charge in [-0.05, 0) is 54.7 Å². The molecule has 1 aliphatic carbocycles. The third-order valence-electron chi connectivity index (χ3n) is 6.38. The van der Waals surface area contributed by atoms with E-state index >= 15 is 0 Å². The summed E-state index contributed by atoms with van der Waals surface area (Å²) < 4.78 is 15.6. The molecule has 36 heavy (non-hydrogen) atoms. The molecule has 1 aliphatic heterocycles. The maximum atomic E-state index is 13.6. The number of dihydropyridines is 1. The Hall–Kier alpha value is -3.42. The van der Waals surface area contributed by atoms with Gasteiger partial charge in [-0.25, -0.2) is 4.79 Å². The van der Waals surface area contributed by atoms with E-state index in [0.717, 1.165) is 16.8 Å². The molecule has 0 spiro atoms. The number of nitrogens with one attached hydrogen (secondary N) is 1.